The van der Waals surface area contributed by atoms with Gasteiger partial charge in [-0.1, -0.05) is 12.1 Å². The molecular weight excluding hydrogens is 478 g/mol. The third-order valence-electron chi connectivity index (χ3n) is 7.05. The summed E-state index contributed by atoms with van der Waals surface area (Å²) in [5.41, 5.74) is 9.16. The number of nitrogen functional groups attached to an aromatic ring is 1. The number of H-pyrrole nitrogens is 1. The van der Waals surface area contributed by atoms with Gasteiger partial charge in [-0.2, -0.15) is 9.37 Å². The Morgan fingerprint density at radius 2 is 1.70 bits per heavy atom. The van der Waals surface area contributed by atoms with Gasteiger partial charge in [0.1, 0.15) is 17.2 Å². The van der Waals surface area contributed by atoms with Gasteiger partial charge in [-0.15, -0.1) is 0 Å². The Labute approximate surface area is 211 Å². The van der Waals surface area contributed by atoms with Gasteiger partial charge in [0.2, 0.25) is 5.95 Å². The lowest BCUT2D eigenvalue weighted by Crippen LogP contribution is -2.39. The van der Waals surface area contributed by atoms with E-state index < -0.39 is 17.3 Å². The number of halogens is 2. The summed E-state index contributed by atoms with van der Waals surface area (Å²) in [6.45, 7) is 5.77. The smallest absolute Gasteiger partial charge is 0.256 e. The molecule has 0 atom stereocenters. The molecule has 2 saturated heterocycles. The molecular formula is C27H26F2N6O2. The molecule has 4 aromatic rings. The number of morpholine rings is 1. The molecule has 0 spiro atoms. The number of anilines is 2. The number of nitrogens with one attached hydrogen (secondary N) is 1. The molecule has 2 aromatic carbocycles. The second-order valence-corrected chi connectivity index (χ2v) is 9.40. The number of hydrogen-bond acceptors (Lipinski definition) is 7. The van der Waals surface area contributed by atoms with Crippen LogP contribution in [0.4, 0.5) is 20.3 Å². The van der Waals surface area contributed by atoms with Crippen LogP contribution in [0.25, 0.3) is 33.3 Å². The fourth-order valence-electron chi connectivity index (χ4n) is 4.95. The van der Waals surface area contributed by atoms with Crippen LogP contribution in [-0.4, -0.2) is 59.2 Å². The van der Waals surface area contributed by atoms with E-state index in [9.17, 15) is 9.18 Å². The van der Waals surface area contributed by atoms with E-state index in [1.54, 1.807) is 6.07 Å². The van der Waals surface area contributed by atoms with E-state index >= 15 is 4.39 Å². The summed E-state index contributed by atoms with van der Waals surface area (Å²) in [6.07, 6.45) is 2.18. The van der Waals surface area contributed by atoms with Crippen LogP contribution in [-0.2, 0) is 11.3 Å². The van der Waals surface area contributed by atoms with Gasteiger partial charge in [0, 0.05) is 53.4 Å². The molecule has 0 bridgehead atoms. The monoisotopic (exact) mass is 504 g/mol. The second kappa shape index (κ2) is 9.53. The highest BCUT2D eigenvalue weighted by Gasteiger charge is 2.22. The number of ether oxygens (including phenoxy) is 1. The summed E-state index contributed by atoms with van der Waals surface area (Å²) in [5, 5.41) is 0.326. The van der Waals surface area contributed by atoms with E-state index in [0.717, 1.165) is 50.2 Å². The zero-order chi connectivity index (χ0) is 25.5. The molecule has 0 amide bonds. The summed E-state index contributed by atoms with van der Waals surface area (Å²) in [4.78, 5) is 27.6. The Morgan fingerprint density at radius 1 is 0.946 bits per heavy atom. The van der Waals surface area contributed by atoms with E-state index in [1.165, 1.54) is 18.6 Å². The van der Waals surface area contributed by atoms with Crippen molar-refractivity contribution in [2.75, 3.05) is 50.0 Å². The van der Waals surface area contributed by atoms with Gasteiger partial charge in [0.25, 0.3) is 5.56 Å². The van der Waals surface area contributed by atoms with E-state index in [-0.39, 0.29) is 28.0 Å². The number of rotatable bonds is 5. The molecule has 2 aromatic heterocycles. The highest BCUT2D eigenvalue weighted by Crippen LogP contribution is 2.33. The van der Waals surface area contributed by atoms with Crippen LogP contribution in [0.15, 0.2) is 47.4 Å². The normalized spacial score (nSPS) is 16.2. The maximum Gasteiger partial charge on any atom is 0.256 e. The minimum atomic E-state index is -0.779. The highest BCUT2D eigenvalue weighted by atomic mass is 19.1. The van der Waals surface area contributed by atoms with Crippen LogP contribution in [0, 0.1) is 11.8 Å². The lowest BCUT2D eigenvalue weighted by Gasteiger charge is -2.35. The van der Waals surface area contributed by atoms with Crippen LogP contribution in [0.3, 0.4) is 0 Å². The summed E-state index contributed by atoms with van der Waals surface area (Å²) in [7, 11) is 0. The lowest BCUT2D eigenvalue weighted by atomic mass is 10.0. The number of benzene rings is 2. The van der Waals surface area contributed by atoms with Gasteiger partial charge < -0.3 is 20.4 Å². The topological polar surface area (TPSA) is 100 Å². The van der Waals surface area contributed by atoms with Gasteiger partial charge >= 0.3 is 0 Å². The average molecular weight is 505 g/mol. The molecule has 190 valence electrons. The number of likely N-dealkylation sites (tertiary alicyclic amines) is 1. The first-order valence-corrected chi connectivity index (χ1v) is 12.3. The summed E-state index contributed by atoms with van der Waals surface area (Å²) >= 11 is 0. The molecule has 37 heavy (non-hydrogen) atoms. The third kappa shape index (κ3) is 4.42. The molecule has 10 heteroatoms. The van der Waals surface area contributed by atoms with E-state index in [1.807, 2.05) is 18.2 Å². The molecule has 2 aliphatic heterocycles. The number of nitrogens with zero attached hydrogens (tertiary/aromatic N) is 4. The lowest BCUT2D eigenvalue weighted by molar-refractivity contribution is 0.122. The minimum Gasteiger partial charge on any atom is -0.382 e. The van der Waals surface area contributed by atoms with Crippen molar-refractivity contribution in [2.24, 2.45) is 0 Å². The van der Waals surface area contributed by atoms with Gasteiger partial charge in [-0.05, 0) is 49.3 Å². The Kier molecular flexibility index (Phi) is 6.05. The number of aromatic amines is 1. The zero-order valence-electron chi connectivity index (χ0n) is 20.1. The fourth-order valence-corrected chi connectivity index (χ4v) is 4.95. The Morgan fingerprint density at radius 3 is 2.46 bits per heavy atom. The molecule has 0 radical (unpaired) electrons. The van der Waals surface area contributed by atoms with Crippen LogP contribution in [0.2, 0.25) is 0 Å². The van der Waals surface area contributed by atoms with Gasteiger partial charge in [-0.25, -0.2) is 9.37 Å². The standard InChI is InChI=1S/C27H26F2N6O2/c28-21-14-31-27(36)19-4-2-17(13-20(19)21)24-26(30)33-25(29)23(32-24)16-3-5-22(35-8-10-37-11-9-35)18(12-16)15-34-6-1-7-34/h2-5,12-14H,1,6-11,15H2,(H2,30,33)(H,31,36). The largest absolute Gasteiger partial charge is 0.382 e. The predicted molar refractivity (Wildman–Crippen MR) is 138 cm³/mol. The second-order valence-electron chi connectivity index (χ2n) is 9.40. The number of aromatic nitrogens is 3. The van der Waals surface area contributed by atoms with E-state index in [2.05, 4.69) is 24.8 Å². The number of hydrogen-bond donors (Lipinski definition) is 2. The summed E-state index contributed by atoms with van der Waals surface area (Å²) < 4.78 is 35.1. The van der Waals surface area contributed by atoms with Gasteiger partial charge in [0.15, 0.2) is 5.82 Å². The van der Waals surface area contributed by atoms with Crippen molar-refractivity contribution in [3.8, 4) is 22.5 Å². The van der Waals surface area contributed by atoms with Crippen molar-refractivity contribution in [1.29, 1.82) is 0 Å². The quantitative estimate of drug-likeness (QED) is 0.429. The predicted octanol–water partition coefficient (Wildman–Crippen LogP) is 3.55. The van der Waals surface area contributed by atoms with Crippen molar-refractivity contribution in [1.82, 2.24) is 19.9 Å². The number of fused-ring (bicyclic) bond motifs is 1. The van der Waals surface area contributed by atoms with E-state index in [4.69, 9.17) is 10.5 Å². The van der Waals surface area contributed by atoms with Crippen molar-refractivity contribution in [3.05, 3.63) is 70.3 Å². The molecule has 0 saturated carbocycles. The summed E-state index contributed by atoms with van der Waals surface area (Å²) in [5.74, 6) is -1.48. The summed E-state index contributed by atoms with van der Waals surface area (Å²) in [6, 6.07) is 10.4. The molecule has 2 aliphatic rings. The molecule has 6 rings (SSSR count). The number of nitrogens with two attached hydrogens (primary N) is 1. The van der Waals surface area contributed by atoms with Crippen LogP contribution in [0.5, 0.6) is 0 Å². The minimum absolute atomic E-state index is 0.0639. The fraction of sp³-hybridized carbons (Fsp3) is 0.296. The first kappa shape index (κ1) is 23.5. The molecule has 0 unspecified atom stereocenters. The van der Waals surface area contributed by atoms with Crippen molar-refractivity contribution >= 4 is 22.3 Å². The molecule has 0 aliphatic carbocycles. The third-order valence-corrected chi connectivity index (χ3v) is 7.05. The molecule has 8 nitrogen and oxygen atoms in total. The van der Waals surface area contributed by atoms with Crippen LogP contribution < -0.4 is 16.2 Å². The first-order valence-electron chi connectivity index (χ1n) is 12.3. The van der Waals surface area contributed by atoms with Crippen molar-refractivity contribution < 1.29 is 13.5 Å². The SMILES string of the molecule is Nc1nc(F)c(-c2ccc(N3CCOCC3)c(CN3CCC3)c2)nc1-c1ccc2c(=O)[nH]cc(F)c2c1. The molecule has 2 fully saturated rings. The molecule has 4 heterocycles. The zero-order valence-corrected chi connectivity index (χ0v) is 20.1. The maximum atomic E-state index is 15.1. The van der Waals surface area contributed by atoms with Crippen molar-refractivity contribution in [2.45, 2.75) is 13.0 Å². The Balaban J connectivity index is 1.43. The highest BCUT2D eigenvalue weighted by molar-refractivity contribution is 5.88. The van der Waals surface area contributed by atoms with Crippen LogP contribution >= 0.6 is 0 Å². The Bertz CT molecular complexity index is 1550. The van der Waals surface area contributed by atoms with Crippen molar-refractivity contribution in [3.63, 3.8) is 0 Å². The molecule has 3 N–H and O–H groups in total. The maximum absolute atomic E-state index is 15.1. The Hall–Kier alpha value is -3.89. The number of pyridine rings is 1. The van der Waals surface area contributed by atoms with Gasteiger partial charge in [-0.3, -0.25) is 9.69 Å². The first-order chi connectivity index (χ1) is 18.0. The van der Waals surface area contributed by atoms with E-state index in [0.29, 0.717) is 24.3 Å². The van der Waals surface area contributed by atoms with Crippen LogP contribution in [0.1, 0.15) is 12.0 Å². The average Bonchev–Trinajstić information content (AvgIpc) is 2.89. The van der Waals surface area contributed by atoms with Gasteiger partial charge in [0.05, 0.1) is 13.2 Å².